The van der Waals surface area contributed by atoms with Crippen LogP contribution in [0.5, 0.6) is 0 Å². The van der Waals surface area contributed by atoms with Gasteiger partial charge in [-0.3, -0.25) is 19.2 Å². The Labute approximate surface area is 530 Å². The maximum atomic E-state index is 13.4. The quantitative estimate of drug-likeness (QED) is 0.0116. The number of thiol groups is 1. The molecule has 0 spiro atoms. The molecule has 0 aromatic rings. The topological polar surface area (TPSA) is 378 Å². The number of carbonyl (C=O) groups excluding carboxylic acids is 6. The van der Waals surface area contributed by atoms with Crippen molar-refractivity contribution < 1.29 is 151 Å². The summed E-state index contributed by atoms with van der Waals surface area (Å²) in [6, 6.07) is -2.87. The predicted octanol–water partition coefficient (Wildman–Crippen LogP) is 4.97. The SMILES string of the molecule is CC[C@H](C)C1OC(OC(=N)C(F)(F)F)C(O[C@H]2OC(COC(C)=O)[C@@H](OC(C)=O)C(OC(C)=O)C2N=[N+]=[N-])[C@@H](C)[C@@H]1P[B]B=O.CC[C@H](C)C1OC(S)C(O[C@H]2OC(COC(C)=O)[C@@H](OC(C)=O)C(OC(C)=O)C2N=[N+]=[N-])[C@@H](C)[C@@H]1P[B]B=O.[Ar]. The van der Waals surface area contributed by atoms with Crippen LogP contribution in [0.2, 0.25) is 0 Å². The summed E-state index contributed by atoms with van der Waals surface area (Å²) in [4.78, 5) is 76.7. The van der Waals surface area contributed by atoms with E-state index in [1.807, 2.05) is 20.8 Å². The number of hydrogen-bond donors (Lipinski definition) is 2. The van der Waals surface area contributed by atoms with Gasteiger partial charge in [0.15, 0.2) is 0 Å². The van der Waals surface area contributed by atoms with Gasteiger partial charge in [-0.15, -0.1) is 0 Å². The van der Waals surface area contributed by atoms with Crippen molar-refractivity contribution in [2.24, 2.45) is 33.9 Å². The van der Waals surface area contributed by atoms with E-state index in [0.717, 1.165) is 48.1 Å². The summed E-state index contributed by atoms with van der Waals surface area (Å²) in [6.07, 6.45) is -19.8. The third-order valence-electron chi connectivity index (χ3n) is 13.9. The molecule has 14 unspecified atom stereocenters. The fourth-order valence-corrected chi connectivity index (χ4v) is 13.0. The summed E-state index contributed by atoms with van der Waals surface area (Å²) in [7, 11) is 1.33. The Hall–Kier alpha value is -3.21. The molecule has 1 N–H and O–H groups in total. The zero-order chi connectivity index (χ0) is 63.3. The van der Waals surface area contributed by atoms with E-state index >= 15 is 0 Å². The molecule has 28 nitrogen and oxygen atoms in total. The van der Waals surface area contributed by atoms with Crippen LogP contribution in [-0.2, 0) is 99.8 Å². The minimum absolute atomic E-state index is 0. The zero-order valence-electron chi connectivity index (χ0n) is 48.5. The average molecular weight is 1290 g/mol. The van der Waals surface area contributed by atoms with Gasteiger partial charge in [-0.25, -0.2) is 0 Å². The number of esters is 6. The first-order valence-corrected chi connectivity index (χ1v) is 29.4. The van der Waals surface area contributed by atoms with E-state index in [1.54, 1.807) is 13.8 Å². The third-order valence-corrected chi connectivity index (χ3v) is 17.5. The molecule has 24 atom stereocenters. The molecule has 4 saturated heterocycles. The molecule has 2 radical (unpaired) electrons. The van der Waals surface area contributed by atoms with E-state index in [9.17, 15) is 62.4 Å². The molecule has 0 aromatic heterocycles. The molecule has 39 heteroatoms. The minimum atomic E-state index is -5.17. The maximum absolute atomic E-state index is 13.4. The Morgan fingerprint density at radius 1 is 0.600 bits per heavy atom. The van der Waals surface area contributed by atoms with Gasteiger partial charge >= 0.3 is 449 Å². The van der Waals surface area contributed by atoms with E-state index < -0.39 is 157 Å². The molecule has 0 aliphatic carbocycles. The summed E-state index contributed by atoms with van der Waals surface area (Å²) in [6.45, 7) is 20.0. The largest absolute Gasteiger partial charge is 0 e. The molecule has 4 fully saturated rings. The Bertz CT molecular complexity index is 2390. The van der Waals surface area contributed by atoms with Gasteiger partial charge in [0.1, 0.15) is 0 Å². The van der Waals surface area contributed by atoms with E-state index in [2.05, 4.69) is 46.5 Å². The molecule has 0 aromatic carbocycles. The summed E-state index contributed by atoms with van der Waals surface area (Å²) in [5, 5.41) is 14.9. The van der Waals surface area contributed by atoms with Gasteiger partial charge in [-0.05, 0) is 0 Å². The van der Waals surface area contributed by atoms with Crippen LogP contribution in [-0.4, -0.2) is 198 Å². The maximum Gasteiger partial charge on any atom is 0 e. The van der Waals surface area contributed by atoms with Crippen LogP contribution in [0.4, 0.5) is 13.2 Å². The van der Waals surface area contributed by atoms with Crippen LogP contribution in [0.15, 0.2) is 10.2 Å². The fourth-order valence-electron chi connectivity index (χ4n) is 9.72. The van der Waals surface area contributed by atoms with Gasteiger partial charge in [-0.1, -0.05) is 0 Å². The van der Waals surface area contributed by atoms with Crippen LogP contribution < -0.4 is 0 Å². The third kappa shape index (κ3) is 23.3. The number of ether oxygens (including phenoxy) is 13. The second kappa shape index (κ2) is 37.7. The number of nitrogens with zero attached hydrogens (tertiary/aromatic N) is 6. The van der Waals surface area contributed by atoms with Crippen LogP contribution in [0, 0.1) is 66.8 Å². The van der Waals surface area contributed by atoms with E-state index in [0.29, 0.717) is 13.5 Å². The molecule has 4 heterocycles. The number of nitrogens with one attached hydrogen (secondary N) is 1. The predicted molar refractivity (Wildman–Crippen MR) is 295 cm³/mol. The van der Waals surface area contributed by atoms with Gasteiger partial charge in [0.2, 0.25) is 0 Å². The van der Waals surface area contributed by atoms with E-state index in [4.69, 9.17) is 67.0 Å². The summed E-state index contributed by atoms with van der Waals surface area (Å²) >= 11 is 4.65. The standard InChI is InChI=1S/C24H35B2F3N4O11P.C22H35B2N3O10PS.Ar/c1-7-9(2)16-20(45-26-25-37)10(3)17(22(42-16)44-23(30)24(27,28)29)43-21-15(32-33-31)19(40-13(6)36)18(39-12(5)35)14(41-21)8-38-11(4)34;1-7-9(2)16-20(38-24-23-31)10(3)17(22(39)37-16)36-21-15(26-27-25)19(34-13(6)30)18(33-12(5)29)14(35-21)8-32-11(4)28;/h9-10,14-22,30,45H,7-8H2,1-6H3;9-10,14-22,38-39H,7-8H2,1-6H3;/t2*9-,10+,14?,15?,16?,17?,18+,19?,20-,21+,22?;/m00./s1. The summed E-state index contributed by atoms with van der Waals surface area (Å²) in [5.41, 5.74) is 17.4. The molecule has 4 aliphatic rings. The van der Waals surface area contributed by atoms with Crippen LogP contribution in [0.1, 0.15) is 95.9 Å². The minimum Gasteiger partial charge on any atom is 0 e. The Morgan fingerprint density at radius 3 is 1.31 bits per heavy atom. The average Bonchev–Trinajstić information content (AvgIpc) is 1.37. The van der Waals surface area contributed by atoms with E-state index in [1.165, 1.54) is 13.8 Å². The van der Waals surface area contributed by atoms with Gasteiger partial charge < -0.3 is 0 Å². The van der Waals surface area contributed by atoms with Gasteiger partial charge in [0.05, 0.1) is 0 Å². The second-order valence-electron chi connectivity index (χ2n) is 20.0. The van der Waals surface area contributed by atoms with Crippen molar-refractivity contribution in [3.63, 3.8) is 0 Å². The van der Waals surface area contributed by atoms with Crippen molar-refractivity contribution >= 4 is 99.1 Å². The van der Waals surface area contributed by atoms with Crippen molar-refractivity contribution in [1.29, 1.82) is 5.41 Å². The Morgan fingerprint density at radius 2 is 0.965 bits per heavy atom. The number of alkyl halides is 3. The molecule has 472 valence electrons. The van der Waals surface area contributed by atoms with Crippen molar-refractivity contribution in [3.8, 4) is 0 Å². The molecule has 85 heavy (non-hydrogen) atoms. The van der Waals surface area contributed by atoms with Gasteiger partial charge in [0, 0.05) is 65.4 Å². The zero-order valence-corrected chi connectivity index (χ0v) is 52.1. The first-order chi connectivity index (χ1) is 39.5. The van der Waals surface area contributed by atoms with Gasteiger partial charge in [0.25, 0.3) is 0 Å². The monoisotopic (exact) mass is 1290 g/mol. The summed E-state index contributed by atoms with van der Waals surface area (Å²) < 4.78 is 136. The molecular weight excluding hydrogens is 1220 g/mol. The van der Waals surface area contributed by atoms with E-state index in [-0.39, 0.29) is 90.8 Å². The fraction of sp³-hybridized carbons (Fsp3) is 0.848. The van der Waals surface area contributed by atoms with Crippen LogP contribution in [0.3, 0.4) is 0 Å². The summed E-state index contributed by atoms with van der Waals surface area (Å²) in [5.74, 6) is -7.56. The number of azide groups is 2. The molecular formula is C46H70ArB4F3N7O21P2S. The number of carbonyl (C=O) groups is 6. The molecule has 4 aliphatic heterocycles. The first kappa shape index (κ1) is 77.9. The first-order valence-electron chi connectivity index (χ1n) is 26.5. The van der Waals surface area contributed by atoms with Crippen molar-refractivity contribution in [2.75, 3.05) is 13.2 Å². The molecule has 0 saturated carbocycles. The van der Waals surface area contributed by atoms with Crippen molar-refractivity contribution in [2.45, 2.75) is 211 Å². The smallest absolute Gasteiger partial charge is 0 e. The number of halogens is 3. The normalized spacial score (nSPS) is 33.3. The number of hydrogen-bond acceptors (Lipinski definition) is 25. The van der Waals surface area contributed by atoms with Crippen molar-refractivity contribution in [1.82, 2.24) is 0 Å². The molecule has 0 amide bonds. The van der Waals surface area contributed by atoms with Crippen LogP contribution in [0.25, 0.3) is 20.9 Å². The number of rotatable bonds is 25. The van der Waals surface area contributed by atoms with Crippen LogP contribution >= 0.6 is 29.5 Å². The molecule has 0 bridgehead atoms. The van der Waals surface area contributed by atoms with Gasteiger partial charge in [-0.2, -0.15) is 0 Å². The molecule has 4 rings (SSSR count). The Balaban J connectivity index is 0.000000579. The second-order valence-corrected chi connectivity index (χ2v) is 23.1. The Kier molecular flexibility index (Phi) is 34.6. The van der Waals surface area contributed by atoms with Crippen molar-refractivity contribution in [3.05, 3.63) is 20.9 Å².